The van der Waals surface area contributed by atoms with Crippen LogP contribution in [0.2, 0.25) is 0 Å². The predicted molar refractivity (Wildman–Crippen MR) is 77.9 cm³/mol. The lowest BCUT2D eigenvalue weighted by Gasteiger charge is -2.31. The van der Waals surface area contributed by atoms with Crippen molar-refractivity contribution in [3.63, 3.8) is 0 Å². The zero-order chi connectivity index (χ0) is 13.1. The van der Waals surface area contributed by atoms with Crippen LogP contribution < -0.4 is 22.7 Å². The van der Waals surface area contributed by atoms with E-state index in [1.54, 1.807) is 0 Å². The van der Waals surface area contributed by atoms with Gasteiger partial charge in [0, 0.05) is 6.42 Å². The van der Waals surface area contributed by atoms with Crippen molar-refractivity contribution < 1.29 is 21.5 Å². The van der Waals surface area contributed by atoms with E-state index in [4.69, 9.17) is 5.73 Å². The topological polar surface area (TPSA) is 26.0 Å². The first kappa shape index (κ1) is 20.7. The first-order chi connectivity index (χ1) is 7.98. The number of hydrogen-bond donors (Lipinski definition) is 1. The third-order valence-electron chi connectivity index (χ3n) is 3.60. The summed E-state index contributed by atoms with van der Waals surface area (Å²) >= 11 is 0. The van der Waals surface area contributed by atoms with Gasteiger partial charge >= 0.3 is 0 Å². The molecule has 0 fully saturated rings. The van der Waals surface area contributed by atoms with Crippen LogP contribution in [-0.4, -0.2) is 31.8 Å². The highest BCUT2D eigenvalue weighted by molar-refractivity contribution is 4.51. The average Bonchev–Trinajstić information content (AvgIpc) is 2.25. The summed E-state index contributed by atoms with van der Waals surface area (Å²) in [7, 11) is 6.54. The SMILES string of the molecule is CCCCCCCCCCCC(N)[N+](C)(C)C.[Br-]. The summed E-state index contributed by atoms with van der Waals surface area (Å²) in [4.78, 5) is 0. The minimum atomic E-state index is 0. The fraction of sp³-hybridized carbons (Fsp3) is 1.00. The average molecular weight is 323 g/mol. The van der Waals surface area contributed by atoms with Crippen molar-refractivity contribution in [3.8, 4) is 0 Å². The largest absolute Gasteiger partial charge is 1.00 e. The van der Waals surface area contributed by atoms with Crippen molar-refractivity contribution in [3.05, 3.63) is 0 Å². The van der Waals surface area contributed by atoms with E-state index in [2.05, 4.69) is 28.1 Å². The second kappa shape index (κ2) is 12.4. The molecule has 0 aromatic rings. The van der Waals surface area contributed by atoms with Gasteiger partial charge in [-0.3, -0.25) is 5.73 Å². The molecular weight excluding hydrogens is 288 g/mol. The van der Waals surface area contributed by atoms with Gasteiger partial charge in [-0.2, -0.15) is 0 Å². The summed E-state index contributed by atoms with van der Waals surface area (Å²) in [5.41, 5.74) is 6.12. The normalized spacial score (nSPS) is 13.2. The maximum Gasteiger partial charge on any atom is 0.139 e. The highest BCUT2D eigenvalue weighted by Gasteiger charge is 2.17. The Morgan fingerprint density at radius 2 is 1.17 bits per heavy atom. The van der Waals surface area contributed by atoms with Crippen molar-refractivity contribution in [2.24, 2.45) is 5.73 Å². The molecule has 0 saturated heterocycles. The van der Waals surface area contributed by atoms with E-state index in [0.717, 1.165) is 4.48 Å². The Balaban J connectivity index is 0. The minimum Gasteiger partial charge on any atom is -1.00 e. The lowest BCUT2D eigenvalue weighted by molar-refractivity contribution is -0.896. The van der Waals surface area contributed by atoms with E-state index in [-0.39, 0.29) is 17.0 Å². The smallest absolute Gasteiger partial charge is 0.139 e. The lowest BCUT2D eigenvalue weighted by Crippen LogP contribution is -3.00. The molecule has 1 unspecified atom stereocenters. The summed E-state index contributed by atoms with van der Waals surface area (Å²) in [6.45, 7) is 2.27. The zero-order valence-corrected chi connectivity index (χ0v) is 14.6. The second-order valence-corrected chi connectivity index (χ2v) is 6.30. The van der Waals surface area contributed by atoms with E-state index < -0.39 is 0 Å². The van der Waals surface area contributed by atoms with Crippen LogP contribution >= 0.6 is 0 Å². The Bertz CT molecular complexity index is 166. The number of quaternary nitrogens is 1. The molecule has 0 saturated carbocycles. The quantitative estimate of drug-likeness (QED) is 0.341. The van der Waals surface area contributed by atoms with Gasteiger partial charge < -0.3 is 21.5 Å². The van der Waals surface area contributed by atoms with Gasteiger partial charge in [0.1, 0.15) is 6.17 Å². The summed E-state index contributed by atoms with van der Waals surface area (Å²) in [5.74, 6) is 0. The fourth-order valence-electron chi connectivity index (χ4n) is 2.05. The van der Waals surface area contributed by atoms with Crippen molar-refractivity contribution in [2.75, 3.05) is 21.1 Å². The Hall–Kier alpha value is 0.400. The first-order valence-electron chi connectivity index (χ1n) is 7.55. The van der Waals surface area contributed by atoms with Gasteiger partial charge in [-0.25, -0.2) is 0 Å². The maximum atomic E-state index is 6.12. The number of nitrogens with two attached hydrogens (primary N) is 1. The van der Waals surface area contributed by atoms with Gasteiger partial charge in [0.25, 0.3) is 0 Å². The molecule has 2 nitrogen and oxygen atoms in total. The van der Waals surface area contributed by atoms with Gasteiger partial charge in [-0.05, 0) is 6.42 Å². The number of nitrogens with zero attached hydrogens (tertiary/aromatic N) is 1. The molecule has 18 heavy (non-hydrogen) atoms. The molecule has 0 spiro atoms. The third kappa shape index (κ3) is 12.8. The van der Waals surface area contributed by atoms with Crippen LogP contribution in [0.25, 0.3) is 0 Å². The predicted octanol–water partition coefficient (Wildman–Crippen LogP) is 0.902. The van der Waals surface area contributed by atoms with Crippen LogP contribution in [0.15, 0.2) is 0 Å². The number of hydrogen-bond acceptors (Lipinski definition) is 1. The van der Waals surface area contributed by atoms with Crippen LogP contribution in [-0.2, 0) is 0 Å². The Morgan fingerprint density at radius 3 is 1.56 bits per heavy atom. The highest BCUT2D eigenvalue weighted by atomic mass is 79.9. The molecule has 0 bridgehead atoms. The van der Waals surface area contributed by atoms with Gasteiger partial charge in [0.05, 0.1) is 21.1 Å². The fourth-order valence-corrected chi connectivity index (χ4v) is 2.05. The lowest BCUT2D eigenvalue weighted by atomic mass is 10.1. The van der Waals surface area contributed by atoms with E-state index in [1.807, 2.05) is 0 Å². The zero-order valence-electron chi connectivity index (χ0n) is 13.1. The molecule has 0 aliphatic rings. The minimum absolute atomic E-state index is 0. The number of halogens is 1. The molecule has 112 valence electrons. The molecule has 0 rings (SSSR count). The van der Waals surface area contributed by atoms with Gasteiger partial charge in [-0.15, -0.1) is 0 Å². The van der Waals surface area contributed by atoms with Crippen molar-refractivity contribution in [1.29, 1.82) is 0 Å². The highest BCUT2D eigenvalue weighted by Crippen LogP contribution is 2.12. The Labute approximate surface area is 126 Å². The van der Waals surface area contributed by atoms with Crippen LogP contribution in [0.5, 0.6) is 0 Å². The van der Waals surface area contributed by atoms with E-state index in [0.29, 0.717) is 6.17 Å². The maximum absolute atomic E-state index is 6.12. The van der Waals surface area contributed by atoms with E-state index >= 15 is 0 Å². The van der Waals surface area contributed by atoms with Crippen molar-refractivity contribution in [1.82, 2.24) is 0 Å². The molecule has 0 aliphatic heterocycles. The molecule has 3 heteroatoms. The van der Waals surface area contributed by atoms with Gasteiger partial charge in [0.15, 0.2) is 0 Å². The molecule has 0 aromatic heterocycles. The van der Waals surface area contributed by atoms with Gasteiger partial charge in [-0.1, -0.05) is 58.3 Å². The molecule has 0 radical (unpaired) electrons. The molecule has 1 atom stereocenters. The summed E-state index contributed by atoms with van der Waals surface area (Å²) in [6, 6.07) is 0. The Kier molecular flexibility index (Phi) is 14.3. The first-order valence-corrected chi connectivity index (χ1v) is 7.55. The molecule has 0 amide bonds. The summed E-state index contributed by atoms with van der Waals surface area (Å²) < 4.78 is 0.886. The molecule has 2 N–H and O–H groups in total. The Morgan fingerprint density at radius 1 is 0.778 bits per heavy atom. The second-order valence-electron chi connectivity index (χ2n) is 6.30. The summed E-state index contributed by atoms with van der Waals surface area (Å²) in [5, 5.41) is 0. The number of rotatable bonds is 11. The van der Waals surface area contributed by atoms with Crippen molar-refractivity contribution >= 4 is 0 Å². The monoisotopic (exact) mass is 322 g/mol. The molecular formula is C15H35BrN2. The third-order valence-corrected chi connectivity index (χ3v) is 3.60. The molecule has 0 heterocycles. The summed E-state index contributed by atoms with van der Waals surface area (Å²) in [6.07, 6.45) is 14.0. The van der Waals surface area contributed by atoms with E-state index in [1.165, 1.54) is 64.2 Å². The molecule has 0 aromatic carbocycles. The van der Waals surface area contributed by atoms with Crippen molar-refractivity contribution in [2.45, 2.75) is 77.3 Å². The molecule has 0 aliphatic carbocycles. The van der Waals surface area contributed by atoms with Crippen LogP contribution in [0.3, 0.4) is 0 Å². The standard InChI is InChI=1S/C15H35N2.BrH/c1-5-6-7-8-9-10-11-12-13-14-15(16)17(2,3)4;/h15H,5-14,16H2,1-4H3;1H/q+1;/p-1. The van der Waals surface area contributed by atoms with Crippen LogP contribution in [0.1, 0.15) is 71.1 Å². The van der Waals surface area contributed by atoms with Crippen LogP contribution in [0.4, 0.5) is 0 Å². The number of unbranched alkanes of at least 4 members (excludes halogenated alkanes) is 8. The van der Waals surface area contributed by atoms with E-state index in [9.17, 15) is 0 Å². The van der Waals surface area contributed by atoms with Gasteiger partial charge in [0.2, 0.25) is 0 Å². The van der Waals surface area contributed by atoms with Crippen LogP contribution in [0, 0.1) is 0 Å².